The highest BCUT2D eigenvalue weighted by Crippen LogP contribution is 2.29. The molecule has 0 saturated carbocycles. The van der Waals surface area contributed by atoms with Gasteiger partial charge in [0.15, 0.2) is 0 Å². The zero-order chi connectivity index (χ0) is 12.5. The lowest BCUT2D eigenvalue weighted by Crippen LogP contribution is -2.28. The number of halogens is 1. The summed E-state index contributed by atoms with van der Waals surface area (Å²) < 4.78 is 0. The quantitative estimate of drug-likeness (QED) is 0.849. The Morgan fingerprint density at radius 3 is 2.83 bits per heavy atom. The first-order chi connectivity index (χ1) is 8.74. The number of H-pyrrole nitrogens is 1. The monoisotopic (exact) mass is 262 g/mol. The van der Waals surface area contributed by atoms with E-state index < -0.39 is 0 Å². The van der Waals surface area contributed by atoms with Crippen LogP contribution in [0.1, 0.15) is 24.0 Å². The van der Waals surface area contributed by atoms with Crippen LogP contribution < -0.4 is 5.32 Å². The minimum atomic E-state index is 0.805. The first-order valence-corrected chi connectivity index (χ1v) is 7.08. The number of piperidine rings is 1. The maximum absolute atomic E-state index is 6.35. The van der Waals surface area contributed by atoms with Gasteiger partial charge in [0.1, 0.15) is 0 Å². The van der Waals surface area contributed by atoms with E-state index >= 15 is 0 Å². The van der Waals surface area contributed by atoms with Gasteiger partial charge in [-0.2, -0.15) is 0 Å². The molecule has 2 heterocycles. The summed E-state index contributed by atoms with van der Waals surface area (Å²) in [6.07, 6.45) is 5.75. The average Bonchev–Trinajstić information content (AvgIpc) is 2.73. The Balaban J connectivity index is 1.89. The molecule has 1 fully saturated rings. The van der Waals surface area contributed by atoms with Crippen molar-refractivity contribution in [2.24, 2.45) is 5.92 Å². The molecule has 96 valence electrons. The zero-order valence-electron chi connectivity index (χ0n) is 10.7. The van der Waals surface area contributed by atoms with Crippen LogP contribution in [0.3, 0.4) is 0 Å². The molecule has 1 aliphatic rings. The molecular formula is C15H19ClN2. The Hall–Kier alpha value is -0.990. The van der Waals surface area contributed by atoms with Gasteiger partial charge in [-0.25, -0.2) is 0 Å². The van der Waals surface area contributed by atoms with Crippen LogP contribution >= 0.6 is 11.6 Å². The standard InChI is InChI=1S/C15H19ClN2/c1-10-9-18-15-13(10)7-12(8-14(15)16)6-11-2-4-17-5-3-11/h7-9,11,17-18H,2-6H2,1H3. The molecule has 0 amide bonds. The smallest absolute Gasteiger partial charge is 0.0649 e. The number of hydrogen-bond donors (Lipinski definition) is 2. The predicted molar refractivity (Wildman–Crippen MR) is 77.3 cm³/mol. The Kier molecular flexibility index (Phi) is 3.31. The van der Waals surface area contributed by atoms with Gasteiger partial charge in [0.25, 0.3) is 0 Å². The van der Waals surface area contributed by atoms with Gasteiger partial charge in [-0.3, -0.25) is 0 Å². The number of hydrogen-bond acceptors (Lipinski definition) is 1. The van der Waals surface area contributed by atoms with Crippen LogP contribution in [0.5, 0.6) is 0 Å². The molecule has 18 heavy (non-hydrogen) atoms. The summed E-state index contributed by atoms with van der Waals surface area (Å²) >= 11 is 6.35. The van der Waals surface area contributed by atoms with Crippen molar-refractivity contribution in [1.29, 1.82) is 0 Å². The van der Waals surface area contributed by atoms with Crippen molar-refractivity contribution in [2.75, 3.05) is 13.1 Å². The third-order valence-electron chi connectivity index (χ3n) is 3.99. The fourth-order valence-corrected chi connectivity index (χ4v) is 3.21. The molecule has 0 radical (unpaired) electrons. The van der Waals surface area contributed by atoms with Crippen LogP contribution in [0.4, 0.5) is 0 Å². The maximum Gasteiger partial charge on any atom is 0.0649 e. The summed E-state index contributed by atoms with van der Waals surface area (Å²) in [5, 5.41) is 5.54. The molecule has 3 heteroatoms. The van der Waals surface area contributed by atoms with E-state index in [0.717, 1.165) is 36.0 Å². The molecular weight excluding hydrogens is 244 g/mol. The highest BCUT2D eigenvalue weighted by molar-refractivity contribution is 6.35. The molecule has 0 atom stereocenters. The Morgan fingerprint density at radius 2 is 2.06 bits per heavy atom. The fraction of sp³-hybridized carbons (Fsp3) is 0.467. The summed E-state index contributed by atoms with van der Waals surface area (Å²) in [5.74, 6) is 0.805. The lowest BCUT2D eigenvalue weighted by molar-refractivity contribution is 0.373. The van der Waals surface area contributed by atoms with Crippen LogP contribution in [0.2, 0.25) is 5.02 Å². The normalized spacial score (nSPS) is 17.4. The van der Waals surface area contributed by atoms with Gasteiger partial charge in [-0.1, -0.05) is 11.6 Å². The Bertz CT molecular complexity index is 553. The third-order valence-corrected chi connectivity index (χ3v) is 4.29. The summed E-state index contributed by atoms with van der Waals surface area (Å²) in [6, 6.07) is 4.43. The molecule has 1 aliphatic heterocycles. The highest BCUT2D eigenvalue weighted by atomic mass is 35.5. The fourth-order valence-electron chi connectivity index (χ4n) is 2.92. The van der Waals surface area contributed by atoms with Crippen molar-refractivity contribution in [3.05, 3.63) is 34.5 Å². The first-order valence-electron chi connectivity index (χ1n) is 6.71. The second-order valence-corrected chi connectivity index (χ2v) is 5.78. The van der Waals surface area contributed by atoms with Gasteiger partial charge in [-0.15, -0.1) is 0 Å². The Morgan fingerprint density at radius 1 is 1.28 bits per heavy atom. The molecule has 0 aliphatic carbocycles. The van der Waals surface area contributed by atoms with Crippen LogP contribution in [0, 0.1) is 12.8 Å². The van der Waals surface area contributed by atoms with E-state index in [1.165, 1.54) is 29.4 Å². The Labute approximate surface area is 113 Å². The molecule has 1 aromatic carbocycles. The zero-order valence-corrected chi connectivity index (χ0v) is 11.5. The molecule has 2 N–H and O–H groups in total. The summed E-state index contributed by atoms with van der Waals surface area (Å²) in [7, 11) is 0. The molecule has 1 saturated heterocycles. The first kappa shape index (κ1) is 12.1. The molecule has 2 aromatic rings. The van der Waals surface area contributed by atoms with Crippen LogP contribution in [0.15, 0.2) is 18.3 Å². The number of aromatic amines is 1. The summed E-state index contributed by atoms with van der Waals surface area (Å²) in [6.45, 7) is 4.44. The predicted octanol–water partition coefficient (Wildman–Crippen LogP) is 3.67. The SMILES string of the molecule is Cc1c[nH]c2c(Cl)cc(CC3CCNCC3)cc12. The van der Waals surface area contributed by atoms with Crippen LogP contribution in [-0.2, 0) is 6.42 Å². The molecule has 0 spiro atoms. The maximum atomic E-state index is 6.35. The van der Waals surface area contributed by atoms with Crippen molar-refractivity contribution in [3.63, 3.8) is 0 Å². The van der Waals surface area contributed by atoms with E-state index in [1.54, 1.807) is 0 Å². The number of aromatic nitrogens is 1. The van der Waals surface area contributed by atoms with E-state index in [-0.39, 0.29) is 0 Å². The van der Waals surface area contributed by atoms with Crippen LogP contribution in [-0.4, -0.2) is 18.1 Å². The minimum Gasteiger partial charge on any atom is -0.360 e. The lowest BCUT2D eigenvalue weighted by Gasteiger charge is -2.22. The number of rotatable bonds is 2. The summed E-state index contributed by atoms with van der Waals surface area (Å²) in [5.41, 5.74) is 3.73. The van der Waals surface area contributed by atoms with Crippen molar-refractivity contribution in [3.8, 4) is 0 Å². The highest BCUT2D eigenvalue weighted by Gasteiger charge is 2.15. The van der Waals surface area contributed by atoms with Crippen LogP contribution in [0.25, 0.3) is 10.9 Å². The molecule has 1 aromatic heterocycles. The van der Waals surface area contributed by atoms with E-state index in [2.05, 4.69) is 29.4 Å². The number of benzene rings is 1. The average molecular weight is 263 g/mol. The molecule has 0 unspecified atom stereocenters. The van der Waals surface area contributed by atoms with Gasteiger partial charge < -0.3 is 10.3 Å². The number of aryl methyl sites for hydroxylation is 1. The second-order valence-electron chi connectivity index (χ2n) is 5.37. The minimum absolute atomic E-state index is 0.805. The van der Waals surface area contributed by atoms with E-state index in [9.17, 15) is 0 Å². The second kappa shape index (κ2) is 4.94. The van der Waals surface area contributed by atoms with Gasteiger partial charge in [0.2, 0.25) is 0 Å². The lowest BCUT2D eigenvalue weighted by atomic mass is 9.90. The van der Waals surface area contributed by atoms with Crippen molar-refractivity contribution in [2.45, 2.75) is 26.2 Å². The number of fused-ring (bicyclic) bond motifs is 1. The van der Waals surface area contributed by atoms with Gasteiger partial charge in [-0.05, 0) is 68.5 Å². The molecule has 2 nitrogen and oxygen atoms in total. The third kappa shape index (κ3) is 2.27. The summed E-state index contributed by atoms with van der Waals surface area (Å²) in [4.78, 5) is 3.25. The van der Waals surface area contributed by atoms with E-state index in [0.29, 0.717) is 0 Å². The van der Waals surface area contributed by atoms with E-state index in [4.69, 9.17) is 11.6 Å². The number of nitrogens with one attached hydrogen (secondary N) is 2. The van der Waals surface area contributed by atoms with Gasteiger partial charge in [0, 0.05) is 11.6 Å². The van der Waals surface area contributed by atoms with Gasteiger partial charge in [0.05, 0.1) is 10.5 Å². The van der Waals surface area contributed by atoms with Crippen molar-refractivity contribution >= 4 is 22.5 Å². The van der Waals surface area contributed by atoms with E-state index in [1.807, 2.05) is 6.20 Å². The largest absolute Gasteiger partial charge is 0.360 e. The molecule has 0 bridgehead atoms. The van der Waals surface area contributed by atoms with Gasteiger partial charge >= 0.3 is 0 Å². The van der Waals surface area contributed by atoms with Crippen molar-refractivity contribution in [1.82, 2.24) is 10.3 Å². The van der Waals surface area contributed by atoms with Crippen molar-refractivity contribution < 1.29 is 0 Å². The topological polar surface area (TPSA) is 27.8 Å². The molecule has 3 rings (SSSR count).